The van der Waals surface area contributed by atoms with Crippen LogP contribution in [0.1, 0.15) is 46.4 Å². The minimum atomic E-state index is 0.643. The second-order valence-corrected chi connectivity index (χ2v) is 5.70. The first-order valence-electron chi connectivity index (χ1n) is 6.79. The number of hydrogen-bond acceptors (Lipinski definition) is 2. The molecular formula is C14H27N3. The molecule has 0 aliphatic carbocycles. The van der Waals surface area contributed by atoms with Gasteiger partial charge in [-0.15, -0.1) is 0 Å². The third-order valence-electron chi connectivity index (χ3n) is 2.86. The van der Waals surface area contributed by atoms with Gasteiger partial charge in [0.1, 0.15) is 5.82 Å². The van der Waals surface area contributed by atoms with E-state index in [1.165, 1.54) is 12.8 Å². The summed E-state index contributed by atoms with van der Waals surface area (Å²) in [6.45, 7) is 10.2. The topological polar surface area (TPSA) is 40.7 Å². The molecule has 0 radical (unpaired) electrons. The first-order chi connectivity index (χ1) is 8.08. The first-order valence-corrected chi connectivity index (χ1v) is 6.79. The molecule has 0 spiro atoms. The van der Waals surface area contributed by atoms with Gasteiger partial charge in [-0.2, -0.15) is 0 Å². The number of nitrogens with zero attached hydrogens (tertiary/aromatic N) is 1. The maximum Gasteiger partial charge on any atom is 0.107 e. The van der Waals surface area contributed by atoms with Gasteiger partial charge in [0.15, 0.2) is 0 Å². The quantitative estimate of drug-likeness (QED) is 0.729. The second kappa shape index (κ2) is 7.49. The van der Waals surface area contributed by atoms with E-state index >= 15 is 0 Å². The molecule has 0 aliphatic rings. The monoisotopic (exact) mass is 237 g/mol. The smallest absolute Gasteiger partial charge is 0.107 e. The number of aromatic amines is 1. The summed E-state index contributed by atoms with van der Waals surface area (Å²) < 4.78 is 0. The molecule has 1 aromatic rings. The van der Waals surface area contributed by atoms with Gasteiger partial charge in [-0.25, -0.2) is 4.98 Å². The Bertz CT molecular complexity index is 268. The van der Waals surface area contributed by atoms with Crippen LogP contribution in [0.15, 0.2) is 12.4 Å². The summed E-state index contributed by atoms with van der Waals surface area (Å²) in [5, 5.41) is 3.66. The molecule has 3 heteroatoms. The lowest BCUT2D eigenvalue weighted by Gasteiger charge is -2.22. The van der Waals surface area contributed by atoms with E-state index in [-0.39, 0.29) is 0 Å². The van der Waals surface area contributed by atoms with Gasteiger partial charge in [0.05, 0.1) is 0 Å². The van der Waals surface area contributed by atoms with Gasteiger partial charge in [-0.1, -0.05) is 27.7 Å². The van der Waals surface area contributed by atoms with Crippen LogP contribution in [0.5, 0.6) is 0 Å². The third-order valence-corrected chi connectivity index (χ3v) is 2.86. The van der Waals surface area contributed by atoms with Gasteiger partial charge in [0.25, 0.3) is 0 Å². The Morgan fingerprint density at radius 2 is 1.82 bits per heavy atom. The Balaban J connectivity index is 2.27. The van der Waals surface area contributed by atoms with E-state index < -0.39 is 0 Å². The van der Waals surface area contributed by atoms with Crippen molar-refractivity contribution in [2.45, 2.75) is 53.0 Å². The molecule has 0 unspecified atom stereocenters. The normalized spacial score (nSPS) is 11.9. The highest BCUT2D eigenvalue weighted by molar-refractivity contribution is 4.87. The number of rotatable bonds is 8. The van der Waals surface area contributed by atoms with Crippen LogP contribution in [-0.4, -0.2) is 22.6 Å². The lowest BCUT2D eigenvalue weighted by atomic mass is 9.95. The number of hydrogen-bond donors (Lipinski definition) is 2. The van der Waals surface area contributed by atoms with Crippen molar-refractivity contribution in [3.8, 4) is 0 Å². The van der Waals surface area contributed by atoms with Crippen molar-refractivity contribution in [3.05, 3.63) is 18.2 Å². The summed E-state index contributed by atoms with van der Waals surface area (Å²) >= 11 is 0. The van der Waals surface area contributed by atoms with Crippen molar-refractivity contribution in [3.63, 3.8) is 0 Å². The molecule has 0 aromatic carbocycles. The number of nitrogens with one attached hydrogen (secondary N) is 2. The van der Waals surface area contributed by atoms with E-state index in [0.29, 0.717) is 6.04 Å². The Morgan fingerprint density at radius 3 is 2.29 bits per heavy atom. The molecule has 3 nitrogen and oxygen atoms in total. The fourth-order valence-electron chi connectivity index (χ4n) is 2.23. The van der Waals surface area contributed by atoms with Crippen LogP contribution in [0.2, 0.25) is 0 Å². The van der Waals surface area contributed by atoms with Gasteiger partial charge >= 0.3 is 0 Å². The van der Waals surface area contributed by atoms with E-state index in [1.807, 2.05) is 12.4 Å². The molecule has 1 heterocycles. The first kappa shape index (κ1) is 14.2. The van der Waals surface area contributed by atoms with E-state index in [2.05, 4.69) is 43.0 Å². The zero-order chi connectivity index (χ0) is 12.7. The highest BCUT2D eigenvalue weighted by Gasteiger charge is 2.12. The van der Waals surface area contributed by atoms with Crippen LogP contribution < -0.4 is 5.32 Å². The fraction of sp³-hybridized carbons (Fsp3) is 0.786. The molecule has 17 heavy (non-hydrogen) atoms. The minimum Gasteiger partial charge on any atom is -0.349 e. The molecule has 1 rings (SSSR count). The van der Waals surface area contributed by atoms with Crippen molar-refractivity contribution in [1.82, 2.24) is 15.3 Å². The summed E-state index contributed by atoms with van der Waals surface area (Å²) in [7, 11) is 0. The van der Waals surface area contributed by atoms with Crippen LogP contribution in [-0.2, 0) is 6.42 Å². The van der Waals surface area contributed by atoms with E-state index in [9.17, 15) is 0 Å². The maximum atomic E-state index is 4.24. The fourth-order valence-corrected chi connectivity index (χ4v) is 2.23. The Morgan fingerprint density at radius 1 is 1.18 bits per heavy atom. The van der Waals surface area contributed by atoms with Crippen molar-refractivity contribution in [2.24, 2.45) is 11.8 Å². The molecule has 0 aliphatic heterocycles. The molecule has 1 aromatic heterocycles. The third kappa shape index (κ3) is 6.47. The molecule has 0 bridgehead atoms. The summed E-state index contributed by atoms with van der Waals surface area (Å²) in [4.78, 5) is 7.38. The van der Waals surface area contributed by atoms with Crippen molar-refractivity contribution < 1.29 is 0 Å². The van der Waals surface area contributed by atoms with Crippen LogP contribution in [0.3, 0.4) is 0 Å². The van der Waals surface area contributed by atoms with Gasteiger partial charge in [0, 0.05) is 31.4 Å². The van der Waals surface area contributed by atoms with Gasteiger partial charge < -0.3 is 10.3 Å². The Kier molecular flexibility index (Phi) is 6.27. The summed E-state index contributed by atoms with van der Waals surface area (Å²) in [6.07, 6.45) is 7.20. The standard InChI is InChI=1S/C14H27N3/c1-11(2)9-13(10-12(3)4)15-6-5-14-16-7-8-17-14/h7-8,11-13,15H,5-6,9-10H2,1-4H3,(H,16,17). The summed E-state index contributed by atoms with van der Waals surface area (Å²) in [6, 6.07) is 0.643. The van der Waals surface area contributed by atoms with Crippen molar-refractivity contribution >= 4 is 0 Å². The molecule has 2 N–H and O–H groups in total. The van der Waals surface area contributed by atoms with Crippen LogP contribution in [0.25, 0.3) is 0 Å². The van der Waals surface area contributed by atoms with Crippen LogP contribution >= 0.6 is 0 Å². The predicted molar refractivity (Wildman–Crippen MR) is 73.0 cm³/mol. The molecular weight excluding hydrogens is 210 g/mol. The Hall–Kier alpha value is -0.830. The number of H-pyrrole nitrogens is 1. The average molecular weight is 237 g/mol. The second-order valence-electron chi connectivity index (χ2n) is 5.70. The molecule has 0 fully saturated rings. The van der Waals surface area contributed by atoms with Gasteiger partial charge in [-0.3, -0.25) is 0 Å². The van der Waals surface area contributed by atoms with Crippen molar-refractivity contribution in [1.29, 1.82) is 0 Å². The van der Waals surface area contributed by atoms with E-state index in [4.69, 9.17) is 0 Å². The van der Waals surface area contributed by atoms with Gasteiger partial charge in [0.2, 0.25) is 0 Å². The highest BCUT2D eigenvalue weighted by atomic mass is 14.9. The highest BCUT2D eigenvalue weighted by Crippen LogP contribution is 2.13. The SMILES string of the molecule is CC(C)CC(CC(C)C)NCCc1ncc[nH]1. The predicted octanol–water partition coefficient (Wildman–Crippen LogP) is 3.00. The molecule has 98 valence electrons. The largest absolute Gasteiger partial charge is 0.349 e. The van der Waals surface area contributed by atoms with E-state index in [0.717, 1.165) is 30.6 Å². The molecule has 0 saturated carbocycles. The Labute approximate surface area is 105 Å². The van der Waals surface area contributed by atoms with Gasteiger partial charge in [-0.05, 0) is 24.7 Å². The van der Waals surface area contributed by atoms with Crippen molar-refractivity contribution in [2.75, 3.05) is 6.54 Å². The number of aromatic nitrogens is 2. The summed E-state index contributed by atoms with van der Waals surface area (Å²) in [5.74, 6) is 2.59. The van der Waals surface area contributed by atoms with Crippen LogP contribution in [0.4, 0.5) is 0 Å². The molecule has 0 amide bonds. The maximum absolute atomic E-state index is 4.24. The lowest BCUT2D eigenvalue weighted by molar-refractivity contribution is 0.361. The average Bonchev–Trinajstić information content (AvgIpc) is 2.68. The zero-order valence-corrected chi connectivity index (χ0v) is 11.7. The minimum absolute atomic E-state index is 0.643. The van der Waals surface area contributed by atoms with E-state index in [1.54, 1.807) is 0 Å². The molecule has 0 atom stereocenters. The summed E-state index contributed by atoms with van der Waals surface area (Å²) in [5.41, 5.74) is 0. The van der Waals surface area contributed by atoms with Crippen LogP contribution in [0, 0.1) is 11.8 Å². The number of imidazole rings is 1. The lowest BCUT2D eigenvalue weighted by Crippen LogP contribution is -2.33. The zero-order valence-electron chi connectivity index (χ0n) is 11.7. The molecule has 0 saturated heterocycles.